The van der Waals surface area contributed by atoms with E-state index in [0.29, 0.717) is 23.7 Å². The van der Waals surface area contributed by atoms with Crippen molar-refractivity contribution >= 4 is 17.5 Å². The number of esters is 1. The van der Waals surface area contributed by atoms with Crippen LogP contribution in [0.25, 0.3) is 5.57 Å². The summed E-state index contributed by atoms with van der Waals surface area (Å²) in [6.45, 7) is 3.66. The molecule has 0 bridgehead atoms. The van der Waals surface area contributed by atoms with Crippen molar-refractivity contribution in [3.8, 4) is 11.5 Å². The lowest BCUT2D eigenvalue weighted by atomic mass is 9.93. The molecule has 5 nitrogen and oxygen atoms in total. The number of ether oxygens (including phenoxy) is 3. The highest BCUT2D eigenvalue weighted by atomic mass is 16.6. The Morgan fingerprint density at radius 1 is 1.15 bits per heavy atom. The summed E-state index contributed by atoms with van der Waals surface area (Å²) in [6.07, 6.45) is 1.67. The van der Waals surface area contributed by atoms with E-state index >= 15 is 0 Å². The van der Waals surface area contributed by atoms with Gasteiger partial charge in [0.2, 0.25) is 5.76 Å². The monoisotopic (exact) mass is 350 g/mol. The molecule has 0 amide bonds. The third-order valence-electron chi connectivity index (χ3n) is 3.97. The minimum absolute atomic E-state index is 0.0991. The van der Waals surface area contributed by atoms with Crippen LogP contribution >= 0.6 is 0 Å². The Morgan fingerprint density at radius 3 is 2.62 bits per heavy atom. The van der Waals surface area contributed by atoms with Gasteiger partial charge in [-0.25, -0.2) is 9.59 Å². The first-order valence-corrected chi connectivity index (χ1v) is 8.26. The number of carbonyl (C=O) groups is 1. The lowest BCUT2D eigenvalue weighted by molar-refractivity contribution is -0.145. The van der Waals surface area contributed by atoms with E-state index in [2.05, 4.69) is 0 Å². The average molecular weight is 350 g/mol. The second-order valence-electron chi connectivity index (χ2n) is 5.65. The van der Waals surface area contributed by atoms with Crippen molar-refractivity contribution in [1.82, 2.24) is 0 Å². The molecule has 0 unspecified atom stereocenters. The number of carbonyl (C=O) groups excluding carboxylic acids is 2. The highest BCUT2D eigenvalue weighted by Crippen LogP contribution is 2.42. The van der Waals surface area contributed by atoms with Gasteiger partial charge in [-0.3, -0.25) is 0 Å². The van der Waals surface area contributed by atoms with Crippen LogP contribution in [0.15, 0.2) is 54.3 Å². The van der Waals surface area contributed by atoms with E-state index < -0.39 is 5.97 Å². The standard InChI is InChI=1S/C21H18O5/c1-3-24-20(23)13-25-19-10-9-17-18(15-7-5-4-6-8-15)11-16(12-22)26-21(17)14(19)2/h4-11H,3,13H2,1-2H3. The van der Waals surface area contributed by atoms with Gasteiger partial charge in [-0.15, -0.1) is 0 Å². The second kappa shape index (κ2) is 7.72. The molecule has 3 rings (SSSR count). The Labute approximate surface area is 151 Å². The van der Waals surface area contributed by atoms with Crippen LogP contribution in [0, 0.1) is 6.92 Å². The predicted molar refractivity (Wildman–Crippen MR) is 96.7 cm³/mol. The van der Waals surface area contributed by atoms with Gasteiger partial charge in [0.15, 0.2) is 12.5 Å². The SMILES string of the molecule is CCOC(=O)COc1ccc2c(c1C)OC(=C=O)C=C2c1ccccc1. The summed E-state index contributed by atoms with van der Waals surface area (Å²) in [4.78, 5) is 22.7. The second-order valence-corrected chi connectivity index (χ2v) is 5.65. The largest absolute Gasteiger partial charge is 0.481 e. The summed E-state index contributed by atoms with van der Waals surface area (Å²) in [5.41, 5.74) is 3.37. The Balaban J connectivity index is 1.98. The van der Waals surface area contributed by atoms with Crippen LogP contribution in [0.2, 0.25) is 0 Å². The lowest BCUT2D eigenvalue weighted by Gasteiger charge is -2.22. The Morgan fingerprint density at radius 2 is 1.92 bits per heavy atom. The zero-order valence-corrected chi connectivity index (χ0v) is 14.6. The molecule has 1 aliphatic rings. The first-order chi connectivity index (χ1) is 12.6. The van der Waals surface area contributed by atoms with E-state index in [4.69, 9.17) is 14.2 Å². The highest BCUT2D eigenvalue weighted by molar-refractivity contribution is 5.88. The molecule has 132 valence electrons. The van der Waals surface area contributed by atoms with Gasteiger partial charge < -0.3 is 14.2 Å². The van der Waals surface area contributed by atoms with Gasteiger partial charge in [-0.2, -0.15) is 0 Å². The molecule has 1 aliphatic heterocycles. The number of hydrogen-bond acceptors (Lipinski definition) is 5. The number of benzene rings is 2. The molecule has 0 spiro atoms. The molecular formula is C21H18O5. The van der Waals surface area contributed by atoms with Crippen molar-refractivity contribution in [2.75, 3.05) is 13.2 Å². The van der Waals surface area contributed by atoms with Crippen LogP contribution in [0.1, 0.15) is 23.6 Å². The molecule has 1 heterocycles. The van der Waals surface area contributed by atoms with E-state index in [1.807, 2.05) is 49.3 Å². The summed E-state index contributed by atoms with van der Waals surface area (Å²) < 4.78 is 16.1. The fourth-order valence-electron chi connectivity index (χ4n) is 2.77. The zero-order chi connectivity index (χ0) is 18.5. The number of fused-ring (bicyclic) bond motifs is 1. The summed E-state index contributed by atoms with van der Waals surface area (Å²) in [5, 5.41) is 0. The molecule has 0 aromatic heterocycles. The summed E-state index contributed by atoms with van der Waals surface area (Å²) in [7, 11) is 0. The van der Waals surface area contributed by atoms with Gasteiger partial charge in [0.25, 0.3) is 0 Å². The fourth-order valence-corrected chi connectivity index (χ4v) is 2.77. The number of rotatable bonds is 5. The third kappa shape index (κ3) is 3.53. The van der Waals surface area contributed by atoms with Gasteiger partial charge in [0.05, 0.1) is 6.61 Å². The third-order valence-corrected chi connectivity index (χ3v) is 3.97. The topological polar surface area (TPSA) is 61.8 Å². The zero-order valence-electron chi connectivity index (χ0n) is 14.6. The van der Waals surface area contributed by atoms with Crippen LogP contribution in [0.4, 0.5) is 0 Å². The first kappa shape index (κ1) is 17.5. The van der Waals surface area contributed by atoms with Crippen LogP contribution in [0.3, 0.4) is 0 Å². The summed E-state index contributed by atoms with van der Waals surface area (Å²) in [6, 6.07) is 13.3. The van der Waals surface area contributed by atoms with Crippen molar-refractivity contribution in [3.63, 3.8) is 0 Å². The van der Waals surface area contributed by atoms with Crippen molar-refractivity contribution in [2.45, 2.75) is 13.8 Å². The minimum Gasteiger partial charge on any atom is -0.481 e. The Kier molecular flexibility index (Phi) is 5.20. The Bertz CT molecular complexity index is 905. The van der Waals surface area contributed by atoms with Crippen molar-refractivity contribution in [3.05, 3.63) is 71.0 Å². The molecule has 0 N–H and O–H groups in total. The highest BCUT2D eigenvalue weighted by Gasteiger charge is 2.23. The molecule has 0 radical (unpaired) electrons. The van der Waals surface area contributed by atoms with E-state index in [0.717, 1.165) is 16.7 Å². The van der Waals surface area contributed by atoms with Crippen molar-refractivity contribution in [1.29, 1.82) is 0 Å². The molecule has 5 heteroatoms. The van der Waals surface area contributed by atoms with E-state index in [1.54, 1.807) is 19.1 Å². The molecule has 0 fully saturated rings. The van der Waals surface area contributed by atoms with Crippen LogP contribution in [0.5, 0.6) is 11.5 Å². The molecule has 0 saturated carbocycles. The summed E-state index contributed by atoms with van der Waals surface area (Å²) >= 11 is 0. The van der Waals surface area contributed by atoms with Crippen LogP contribution in [-0.2, 0) is 14.3 Å². The molecular weight excluding hydrogens is 332 g/mol. The van der Waals surface area contributed by atoms with Gasteiger partial charge in [-0.05, 0) is 37.1 Å². The molecule has 2 aromatic carbocycles. The number of allylic oxidation sites excluding steroid dienone is 1. The van der Waals surface area contributed by atoms with Gasteiger partial charge in [0, 0.05) is 17.2 Å². The first-order valence-electron chi connectivity index (χ1n) is 8.26. The molecule has 2 aromatic rings. The van der Waals surface area contributed by atoms with Crippen molar-refractivity contribution in [2.24, 2.45) is 0 Å². The average Bonchev–Trinajstić information content (AvgIpc) is 2.67. The minimum atomic E-state index is -0.441. The van der Waals surface area contributed by atoms with Gasteiger partial charge in [-0.1, -0.05) is 30.3 Å². The normalized spacial score (nSPS) is 12.4. The smallest absolute Gasteiger partial charge is 0.344 e. The predicted octanol–water partition coefficient (Wildman–Crippen LogP) is 3.48. The van der Waals surface area contributed by atoms with Crippen LogP contribution in [-0.4, -0.2) is 25.1 Å². The lowest BCUT2D eigenvalue weighted by Crippen LogP contribution is -2.15. The maximum absolute atomic E-state index is 11.5. The van der Waals surface area contributed by atoms with Crippen LogP contribution < -0.4 is 9.47 Å². The van der Waals surface area contributed by atoms with E-state index in [9.17, 15) is 9.59 Å². The maximum atomic E-state index is 11.5. The molecule has 0 atom stereocenters. The quantitative estimate of drug-likeness (QED) is 0.610. The van der Waals surface area contributed by atoms with Gasteiger partial charge in [0.1, 0.15) is 11.5 Å². The summed E-state index contributed by atoms with van der Waals surface area (Å²) in [5.74, 6) is 2.49. The number of hydrogen-bond donors (Lipinski definition) is 0. The van der Waals surface area contributed by atoms with E-state index in [1.165, 1.54) is 0 Å². The molecule has 0 aliphatic carbocycles. The van der Waals surface area contributed by atoms with E-state index in [-0.39, 0.29) is 12.4 Å². The molecule has 26 heavy (non-hydrogen) atoms. The fraction of sp³-hybridized carbons (Fsp3) is 0.190. The van der Waals surface area contributed by atoms with Crippen molar-refractivity contribution < 1.29 is 23.8 Å². The molecule has 0 saturated heterocycles. The van der Waals surface area contributed by atoms with Gasteiger partial charge >= 0.3 is 5.97 Å². The Hall–Kier alpha value is -3.30. The maximum Gasteiger partial charge on any atom is 0.344 e.